The molecule has 1 saturated heterocycles. The van der Waals surface area contributed by atoms with E-state index >= 15 is 0 Å². The van der Waals surface area contributed by atoms with Crippen molar-refractivity contribution >= 4 is 17.3 Å². The summed E-state index contributed by atoms with van der Waals surface area (Å²) >= 11 is 6.45. The fraction of sp³-hybridized carbons (Fsp3) is 0.647. The Kier molecular flexibility index (Phi) is 6.34. The van der Waals surface area contributed by atoms with Crippen LogP contribution < -0.4 is 10.2 Å². The number of benzene rings is 1. The third-order valence-corrected chi connectivity index (χ3v) is 4.68. The van der Waals surface area contributed by atoms with Gasteiger partial charge in [-0.25, -0.2) is 0 Å². The van der Waals surface area contributed by atoms with Gasteiger partial charge in [-0.05, 0) is 57.1 Å². The Hall–Kier alpha value is -0.770. The normalized spacial score (nSPS) is 17.1. The van der Waals surface area contributed by atoms with E-state index in [1.54, 1.807) is 0 Å². The first-order valence-electron chi connectivity index (χ1n) is 8.08. The number of nitrogens with zero attached hydrogens (tertiary/aromatic N) is 2. The van der Waals surface area contributed by atoms with Gasteiger partial charge >= 0.3 is 0 Å². The van der Waals surface area contributed by atoms with Crippen LogP contribution in [0.5, 0.6) is 0 Å². The number of anilines is 1. The molecule has 0 bridgehead atoms. The number of nitrogens with one attached hydrogen (secondary N) is 1. The quantitative estimate of drug-likeness (QED) is 0.831. The van der Waals surface area contributed by atoms with E-state index in [-0.39, 0.29) is 0 Å². The van der Waals surface area contributed by atoms with Gasteiger partial charge in [0.25, 0.3) is 0 Å². The van der Waals surface area contributed by atoms with Crippen LogP contribution in [0.15, 0.2) is 18.2 Å². The van der Waals surface area contributed by atoms with E-state index in [0.717, 1.165) is 24.7 Å². The molecule has 1 heterocycles. The molecule has 1 aliphatic rings. The molecule has 1 aromatic rings. The fourth-order valence-electron chi connectivity index (χ4n) is 2.95. The lowest BCUT2D eigenvalue weighted by molar-refractivity contribution is 0.346. The van der Waals surface area contributed by atoms with Crippen LogP contribution in [0.3, 0.4) is 0 Å². The predicted octanol–water partition coefficient (Wildman–Crippen LogP) is 3.54. The maximum absolute atomic E-state index is 6.45. The van der Waals surface area contributed by atoms with Crippen molar-refractivity contribution in [3.05, 3.63) is 28.8 Å². The second-order valence-corrected chi connectivity index (χ2v) is 6.36. The summed E-state index contributed by atoms with van der Waals surface area (Å²) in [4.78, 5) is 4.84. The van der Waals surface area contributed by atoms with E-state index in [9.17, 15) is 0 Å². The molecule has 118 valence electrons. The van der Waals surface area contributed by atoms with Gasteiger partial charge in [0, 0.05) is 36.9 Å². The van der Waals surface area contributed by atoms with Gasteiger partial charge in [-0.1, -0.05) is 24.6 Å². The van der Waals surface area contributed by atoms with Crippen molar-refractivity contribution in [3.8, 4) is 0 Å². The van der Waals surface area contributed by atoms with E-state index in [2.05, 4.69) is 54.2 Å². The molecule has 1 aliphatic heterocycles. The van der Waals surface area contributed by atoms with Gasteiger partial charge in [0.15, 0.2) is 0 Å². The monoisotopic (exact) mass is 309 g/mol. The Morgan fingerprint density at radius 3 is 2.67 bits per heavy atom. The molecular formula is C17H28ClN3. The first-order chi connectivity index (χ1) is 10.1. The van der Waals surface area contributed by atoms with Crippen molar-refractivity contribution in [2.75, 3.05) is 44.7 Å². The van der Waals surface area contributed by atoms with Crippen LogP contribution in [-0.4, -0.2) is 44.7 Å². The molecule has 2 rings (SSSR count). The first-order valence-corrected chi connectivity index (χ1v) is 8.46. The fourth-order valence-corrected chi connectivity index (χ4v) is 3.29. The van der Waals surface area contributed by atoms with Gasteiger partial charge in [-0.2, -0.15) is 0 Å². The average Bonchev–Trinajstić information content (AvgIpc) is 2.98. The Bertz CT molecular complexity index is 444. The molecule has 1 N–H and O–H groups in total. The van der Waals surface area contributed by atoms with Crippen LogP contribution in [0.25, 0.3) is 0 Å². The molecule has 1 fully saturated rings. The van der Waals surface area contributed by atoms with Gasteiger partial charge < -0.3 is 15.1 Å². The minimum absolute atomic E-state index is 0.298. The van der Waals surface area contributed by atoms with Crippen LogP contribution in [-0.2, 0) is 0 Å². The largest absolute Gasteiger partial charge is 0.373 e. The number of hydrogen-bond acceptors (Lipinski definition) is 3. The maximum atomic E-state index is 6.45. The van der Waals surface area contributed by atoms with Crippen LogP contribution in [0, 0.1) is 0 Å². The molecule has 0 spiro atoms. The molecular weight excluding hydrogens is 282 g/mol. The van der Waals surface area contributed by atoms with Crippen molar-refractivity contribution in [2.45, 2.75) is 32.7 Å². The van der Waals surface area contributed by atoms with E-state index in [1.807, 2.05) is 0 Å². The van der Waals surface area contributed by atoms with Crippen molar-refractivity contribution in [2.24, 2.45) is 0 Å². The van der Waals surface area contributed by atoms with Gasteiger partial charge in [0.2, 0.25) is 0 Å². The lowest BCUT2D eigenvalue weighted by Gasteiger charge is -2.24. The molecule has 0 aromatic heterocycles. The number of hydrogen-bond donors (Lipinski definition) is 1. The Labute approximate surface area is 134 Å². The summed E-state index contributed by atoms with van der Waals surface area (Å²) in [5.74, 6) is 0. The number of halogens is 1. The molecule has 1 aromatic carbocycles. The summed E-state index contributed by atoms with van der Waals surface area (Å²) in [5, 5.41) is 4.26. The van der Waals surface area contributed by atoms with E-state index < -0.39 is 0 Å². The lowest BCUT2D eigenvalue weighted by atomic mass is 10.1. The number of rotatable bonds is 7. The summed E-state index contributed by atoms with van der Waals surface area (Å²) in [6.45, 7) is 9.94. The van der Waals surface area contributed by atoms with Crippen molar-refractivity contribution in [1.29, 1.82) is 0 Å². The topological polar surface area (TPSA) is 18.5 Å². The first kappa shape index (κ1) is 16.6. The Balaban J connectivity index is 1.94. The zero-order valence-corrected chi connectivity index (χ0v) is 14.3. The standard InChI is InChI=1S/C17H28ClN3/c1-4-19-14(2)16-8-7-15(13-17(16)18)20(3)11-12-21-9-5-6-10-21/h7-8,13-14,19H,4-6,9-12H2,1-3H3. The Morgan fingerprint density at radius 2 is 2.05 bits per heavy atom. The minimum atomic E-state index is 0.298. The van der Waals surface area contributed by atoms with Crippen LogP contribution in [0.2, 0.25) is 5.02 Å². The molecule has 4 heteroatoms. The highest BCUT2D eigenvalue weighted by molar-refractivity contribution is 6.31. The maximum Gasteiger partial charge on any atom is 0.0474 e. The molecule has 1 unspecified atom stereocenters. The summed E-state index contributed by atoms with van der Waals surface area (Å²) in [5.41, 5.74) is 2.38. The van der Waals surface area contributed by atoms with Gasteiger partial charge in [0.1, 0.15) is 0 Å². The molecule has 3 nitrogen and oxygen atoms in total. The third-order valence-electron chi connectivity index (χ3n) is 4.35. The van der Waals surface area contributed by atoms with Crippen LogP contribution in [0.1, 0.15) is 38.3 Å². The average molecular weight is 310 g/mol. The zero-order valence-electron chi connectivity index (χ0n) is 13.5. The summed E-state index contributed by atoms with van der Waals surface area (Å²) in [6, 6.07) is 6.72. The SMILES string of the molecule is CCNC(C)c1ccc(N(C)CCN2CCCC2)cc1Cl. The van der Waals surface area contributed by atoms with Crippen LogP contribution >= 0.6 is 11.6 Å². The summed E-state index contributed by atoms with van der Waals surface area (Å²) < 4.78 is 0. The molecule has 0 saturated carbocycles. The molecule has 1 atom stereocenters. The minimum Gasteiger partial charge on any atom is -0.373 e. The second kappa shape index (κ2) is 8.02. The second-order valence-electron chi connectivity index (χ2n) is 5.96. The highest BCUT2D eigenvalue weighted by Crippen LogP contribution is 2.27. The smallest absolute Gasteiger partial charge is 0.0474 e. The number of likely N-dealkylation sites (N-methyl/N-ethyl adjacent to an activating group) is 1. The molecule has 21 heavy (non-hydrogen) atoms. The summed E-state index contributed by atoms with van der Waals surface area (Å²) in [6.07, 6.45) is 2.71. The van der Waals surface area contributed by atoms with Crippen molar-refractivity contribution < 1.29 is 0 Å². The van der Waals surface area contributed by atoms with Gasteiger partial charge in [-0.15, -0.1) is 0 Å². The molecule has 0 aliphatic carbocycles. The van der Waals surface area contributed by atoms with Gasteiger partial charge in [-0.3, -0.25) is 0 Å². The highest BCUT2D eigenvalue weighted by Gasteiger charge is 2.13. The highest BCUT2D eigenvalue weighted by atomic mass is 35.5. The van der Waals surface area contributed by atoms with E-state index in [0.29, 0.717) is 6.04 Å². The van der Waals surface area contributed by atoms with Crippen LogP contribution in [0.4, 0.5) is 5.69 Å². The lowest BCUT2D eigenvalue weighted by Crippen LogP contribution is -2.31. The molecule has 0 amide bonds. The Morgan fingerprint density at radius 1 is 1.33 bits per heavy atom. The van der Waals surface area contributed by atoms with Crippen molar-refractivity contribution in [3.63, 3.8) is 0 Å². The number of likely N-dealkylation sites (tertiary alicyclic amines) is 1. The summed E-state index contributed by atoms with van der Waals surface area (Å²) in [7, 11) is 2.15. The predicted molar refractivity (Wildman–Crippen MR) is 92.5 cm³/mol. The molecule has 0 radical (unpaired) electrons. The third kappa shape index (κ3) is 4.60. The van der Waals surface area contributed by atoms with E-state index in [4.69, 9.17) is 11.6 Å². The van der Waals surface area contributed by atoms with Crippen molar-refractivity contribution in [1.82, 2.24) is 10.2 Å². The van der Waals surface area contributed by atoms with Gasteiger partial charge in [0.05, 0.1) is 0 Å². The zero-order chi connectivity index (χ0) is 15.2. The van der Waals surface area contributed by atoms with E-state index in [1.165, 1.54) is 37.2 Å².